The first-order valence-electron chi connectivity index (χ1n) is 5.94. The van der Waals surface area contributed by atoms with Crippen LogP contribution in [-0.4, -0.2) is 5.84 Å². The van der Waals surface area contributed by atoms with Crippen molar-refractivity contribution in [2.24, 2.45) is 5.73 Å². The maximum absolute atomic E-state index is 12.9. The van der Waals surface area contributed by atoms with Crippen molar-refractivity contribution in [2.75, 3.05) is 0 Å². The normalized spacial score (nSPS) is 10.7. The second-order valence-electron chi connectivity index (χ2n) is 4.25. The van der Waals surface area contributed by atoms with Crippen LogP contribution >= 0.6 is 22.7 Å². The molecule has 0 aliphatic heterocycles. The van der Waals surface area contributed by atoms with Crippen molar-refractivity contribution in [3.05, 3.63) is 59.2 Å². The van der Waals surface area contributed by atoms with Gasteiger partial charge in [-0.05, 0) is 42.0 Å². The second kappa shape index (κ2) is 5.19. The van der Waals surface area contributed by atoms with E-state index in [0.29, 0.717) is 0 Å². The summed E-state index contributed by atoms with van der Waals surface area (Å²) < 4.78 is 12.9. The average Bonchev–Trinajstić information content (AvgIpc) is 3.08. The van der Waals surface area contributed by atoms with Crippen LogP contribution in [0.5, 0.6) is 0 Å². The van der Waals surface area contributed by atoms with E-state index in [0.717, 1.165) is 25.1 Å². The summed E-state index contributed by atoms with van der Waals surface area (Å²) >= 11 is 3.15. The molecule has 0 aliphatic carbocycles. The molecule has 3 N–H and O–H groups in total. The van der Waals surface area contributed by atoms with Crippen LogP contribution in [0, 0.1) is 11.2 Å². The van der Waals surface area contributed by atoms with Crippen molar-refractivity contribution in [1.29, 1.82) is 5.41 Å². The van der Waals surface area contributed by atoms with Crippen molar-refractivity contribution in [3.8, 4) is 20.2 Å². The van der Waals surface area contributed by atoms with Gasteiger partial charge in [-0.15, -0.1) is 22.7 Å². The van der Waals surface area contributed by atoms with Gasteiger partial charge in [0, 0.05) is 14.6 Å². The number of nitrogens with two attached hydrogens (primary N) is 1. The smallest absolute Gasteiger partial charge is 0.133 e. The van der Waals surface area contributed by atoms with Crippen LogP contribution in [0.15, 0.2) is 48.5 Å². The zero-order valence-corrected chi connectivity index (χ0v) is 12.0. The highest BCUT2D eigenvalue weighted by Gasteiger charge is 2.08. The predicted molar refractivity (Wildman–Crippen MR) is 84.0 cm³/mol. The third kappa shape index (κ3) is 2.50. The number of amidine groups is 1. The highest BCUT2D eigenvalue weighted by Crippen LogP contribution is 2.37. The number of rotatable bonds is 3. The number of thiophene rings is 2. The molecule has 2 heterocycles. The third-order valence-corrected chi connectivity index (χ3v) is 5.30. The Morgan fingerprint density at radius 2 is 1.45 bits per heavy atom. The summed E-state index contributed by atoms with van der Waals surface area (Å²) in [6, 6.07) is 14.4. The molecular weight excluding hydrogens is 291 g/mol. The van der Waals surface area contributed by atoms with Crippen molar-refractivity contribution in [2.45, 2.75) is 0 Å². The Kier molecular flexibility index (Phi) is 3.38. The van der Waals surface area contributed by atoms with Crippen LogP contribution in [0.25, 0.3) is 20.2 Å². The monoisotopic (exact) mass is 302 g/mol. The molecule has 0 bridgehead atoms. The summed E-state index contributed by atoms with van der Waals surface area (Å²) in [5.41, 5.74) is 6.48. The fourth-order valence-electron chi connectivity index (χ4n) is 1.85. The molecule has 0 unspecified atom stereocenters. The van der Waals surface area contributed by atoms with Gasteiger partial charge in [-0.2, -0.15) is 0 Å². The van der Waals surface area contributed by atoms with E-state index < -0.39 is 0 Å². The molecule has 20 heavy (non-hydrogen) atoms. The Labute approximate surface area is 123 Å². The summed E-state index contributed by atoms with van der Waals surface area (Å²) in [5, 5.41) is 7.43. The molecule has 2 nitrogen and oxygen atoms in total. The first-order chi connectivity index (χ1) is 9.63. The minimum Gasteiger partial charge on any atom is -0.383 e. The van der Waals surface area contributed by atoms with E-state index in [1.54, 1.807) is 23.5 Å². The van der Waals surface area contributed by atoms with E-state index in [-0.39, 0.29) is 11.7 Å². The van der Waals surface area contributed by atoms with Gasteiger partial charge in [0.05, 0.1) is 4.88 Å². The molecule has 3 rings (SSSR count). The van der Waals surface area contributed by atoms with Gasteiger partial charge in [0.2, 0.25) is 0 Å². The lowest BCUT2D eigenvalue weighted by Gasteiger charge is -1.96. The Balaban J connectivity index is 1.93. The maximum Gasteiger partial charge on any atom is 0.133 e. The van der Waals surface area contributed by atoms with Gasteiger partial charge in [0.15, 0.2) is 0 Å². The van der Waals surface area contributed by atoms with Gasteiger partial charge < -0.3 is 5.73 Å². The summed E-state index contributed by atoms with van der Waals surface area (Å²) in [5.74, 6) is -0.133. The van der Waals surface area contributed by atoms with Crippen LogP contribution in [0.4, 0.5) is 4.39 Å². The van der Waals surface area contributed by atoms with E-state index in [9.17, 15) is 4.39 Å². The van der Waals surface area contributed by atoms with Gasteiger partial charge >= 0.3 is 0 Å². The molecule has 3 aromatic rings. The Bertz CT molecular complexity index is 756. The summed E-state index contributed by atoms with van der Waals surface area (Å²) in [6.07, 6.45) is 0. The SMILES string of the molecule is N=C(N)c1ccc(-c2ccc(-c3ccc(F)cc3)s2)s1. The summed E-state index contributed by atoms with van der Waals surface area (Å²) in [7, 11) is 0. The summed E-state index contributed by atoms with van der Waals surface area (Å²) in [4.78, 5) is 4.09. The van der Waals surface area contributed by atoms with Crippen LogP contribution in [0.3, 0.4) is 0 Å². The lowest BCUT2D eigenvalue weighted by Crippen LogP contribution is -2.08. The van der Waals surface area contributed by atoms with Crippen LogP contribution < -0.4 is 5.73 Å². The van der Waals surface area contributed by atoms with Gasteiger partial charge in [-0.3, -0.25) is 5.41 Å². The standard InChI is InChI=1S/C15H11FN2S2/c16-10-3-1-9(2-4-10)11-5-6-12(19-11)13-7-8-14(20-13)15(17)18/h1-8H,(H3,17,18). The molecule has 5 heteroatoms. The summed E-state index contributed by atoms with van der Waals surface area (Å²) in [6.45, 7) is 0. The lowest BCUT2D eigenvalue weighted by molar-refractivity contribution is 0.628. The molecule has 0 aliphatic rings. The van der Waals surface area contributed by atoms with E-state index in [2.05, 4.69) is 0 Å². The number of nitrogen functional groups attached to an aromatic ring is 1. The highest BCUT2D eigenvalue weighted by molar-refractivity contribution is 7.24. The Hall–Kier alpha value is -1.98. The number of hydrogen-bond donors (Lipinski definition) is 2. The first-order valence-corrected chi connectivity index (χ1v) is 7.57. The van der Waals surface area contributed by atoms with Crippen LogP contribution in [-0.2, 0) is 0 Å². The minimum atomic E-state index is -0.227. The van der Waals surface area contributed by atoms with Gasteiger partial charge in [-0.1, -0.05) is 12.1 Å². The number of hydrogen-bond acceptors (Lipinski definition) is 3. The fraction of sp³-hybridized carbons (Fsp3) is 0. The number of halogens is 1. The minimum absolute atomic E-state index is 0.0940. The second-order valence-corrected chi connectivity index (χ2v) is 6.42. The van der Waals surface area contributed by atoms with Gasteiger partial charge in [-0.25, -0.2) is 4.39 Å². The predicted octanol–water partition coefficient (Wildman–Crippen LogP) is 4.57. The molecule has 0 fully saturated rings. The number of nitrogens with one attached hydrogen (secondary N) is 1. The Morgan fingerprint density at radius 1 is 0.850 bits per heavy atom. The van der Waals surface area contributed by atoms with Crippen molar-refractivity contribution in [3.63, 3.8) is 0 Å². The largest absolute Gasteiger partial charge is 0.383 e. The molecule has 0 saturated carbocycles. The average molecular weight is 302 g/mol. The molecule has 1 aromatic carbocycles. The van der Waals surface area contributed by atoms with Crippen molar-refractivity contribution >= 4 is 28.5 Å². The van der Waals surface area contributed by atoms with E-state index in [1.807, 2.05) is 24.3 Å². The molecule has 0 saturated heterocycles. The van der Waals surface area contributed by atoms with Crippen LogP contribution in [0.1, 0.15) is 4.88 Å². The zero-order chi connectivity index (χ0) is 14.1. The fourth-order valence-corrected chi connectivity index (χ4v) is 3.82. The molecule has 2 aromatic heterocycles. The topological polar surface area (TPSA) is 49.9 Å². The molecular formula is C15H11FN2S2. The quantitative estimate of drug-likeness (QED) is 0.540. The van der Waals surface area contributed by atoms with E-state index in [4.69, 9.17) is 11.1 Å². The molecule has 0 radical (unpaired) electrons. The molecule has 0 atom stereocenters. The first kappa shape index (κ1) is 13.0. The van der Waals surface area contributed by atoms with Gasteiger partial charge in [0.25, 0.3) is 0 Å². The molecule has 0 spiro atoms. The molecule has 0 amide bonds. The van der Waals surface area contributed by atoms with Crippen molar-refractivity contribution < 1.29 is 4.39 Å². The maximum atomic E-state index is 12.9. The van der Waals surface area contributed by atoms with Crippen molar-refractivity contribution in [1.82, 2.24) is 0 Å². The van der Waals surface area contributed by atoms with E-state index in [1.165, 1.54) is 23.5 Å². The Morgan fingerprint density at radius 3 is 2.10 bits per heavy atom. The zero-order valence-electron chi connectivity index (χ0n) is 10.4. The lowest BCUT2D eigenvalue weighted by atomic mass is 10.2. The van der Waals surface area contributed by atoms with E-state index >= 15 is 0 Å². The number of benzene rings is 1. The van der Waals surface area contributed by atoms with Crippen LogP contribution in [0.2, 0.25) is 0 Å². The molecule has 100 valence electrons. The third-order valence-electron chi connectivity index (χ3n) is 2.85. The van der Waals surface area contributed by atoms with Gasteiger partial charge in [0.1, 0.15) is 11.7 Å². The highest BCUT2D eigenvalue weighted by atomic mass is 32.1.